The van der Waals surface area contributed by atoms with E-state index in [1.807, 2.05) is 6.07 Å². The molecule has 104 valence electrons. The Labute approximate surface area is 119 Å². The summed E-state index contributed by atoms with van der Waals surface area (Å²) in [5, 5.41) is 10.3. The quantitative estimate of drug-likeness (QED) is 0.909. The number of rotatable bonds is 4. The summed E-state index contributed by atoms with van der Waals surface area (Å²) in [5.41, 5.74) is 0.250. The van der Waals surface area contributed by atoms with Crippen LogP contribution >= 0.6 is 11.6 Å². The summed E-state index contributed by atoms with van der Waals surface area (Å²) in [4.78, 5) is 15.8. The number of carboxylic acids is 1. The molecule has 0 aliphatic heterocycles. The summed E-state index contributed by atoms with van der Waals surface area (Å²) in [6.07, 6.45) is 8.49. The summed E-state index contributed by atoms with van der Waals surface area (Å²) < 4.78 is 0. The van der Waals surface area contributed by atoms with Gasteiger partial charge in [0.2, 0.25) is 0 Å². The minimum absolute atomic E-state index is 0.514. The van der Waals surface area contributed by atoms with E-state index in [0.717, 1.165) is 37.7 Å². The molecule has 0 amide bonds. The van der Waals surface area contributed by atoms with Crippen molar-refractivity contribution in [1.82, 2.24) is 4.98 Å². The Balaban J connectivity index is 2.25. The van der Waals surface area contributed by atoms with Crippen molar-refractivity contribution in [2.75, 3.05) is 0 Å². The van der Waals surface area contributed by atoms with E-state index in [4.69, 9.17) is 11.6 Å². The highest BCUT2D eigenvalue weighted by molar-refractivity contribution is 6.31. The first-order valence-corrected chi connectivity index (χ1v) is 7.27. The van der Waals surface area contributed by atoms with Crippen LogP contribution in [0.5, 0.6) is 0 Å². The maximum atomic E-state index is 11.8. The number of carbonyl (C=O) groups is 1. The average molecular weight is 282 g/mol. The highest BCUT2D eigenvalue weighted by atomic mass is 35.5. The number of hydrogen-bond acceptors (Lipinski definition) is 2. The van der Waals surface area contributed by atoms with E-state index < -0.39 is 11.4 Å². The number of aromatic nitrogens is 1. The van der Waals surface area contributed by atoms with Gasteiger partial charge in [0.1, 0.15) is 0 Å². The zero-order valence-corrected chi connectivity index (χ0v) is 12.0. The van der Waals surface area contributed by atoms with Gasteiger partial charge in [-0.2, -0.15) is 0 Å². The van der Waals surface area contributed by atoms with Gasteiger partial charge in [0.05, 0.1) is 10.4 Å². The molecule has 2 unspecified atom stereocenters. The van der Waals surface area contributed by atoms with Crippen molar-refractivity contribution in [2.24, 2.45) is 11.3 Å². The van der Waals surface area contributed by atoms with E-state index in [1.165, 1.54) is 0 Å². The molecule has 0 radical (unpaired) electrons. The summed E-state index contributed by atoms with van der Waals surface area (Å²) in [5.74, 6) is -0.163. The van der Waals surface area contributed by atoms with Gasteiger partial charge in [-0.15, -0.1) is 0 Å². The van der Waals surface area contributed by atoms with Gasteiger partial charge < -0.3 is 5.11 Å². The van der Waals surface area contributed by atoms with Crippen molar-refractivity contribution in [2.45, 2.75) is 45.4 Å². The SMILES string of the molecule is CCC1CCCC(Cc2ccncc2Cl)(C(=O)O)C1. The zero-order chi connectivity index (χ0) is 13.9. The van der Waals surface area contributed by atoms with Gasteiger partial charge >= 0.3 is 5.97 Å². The molecule has 3 nitrogen and oxygen atoms in total. The highest BCUT2D eigenvalue weighted by Crippen LogP contribution is 2.44. The molecule has 19 heavy (non-hydrogen) atoms. The topological polar surface area (TPSA) is 50.2 Å². The molecule has 4 heteroatoms. The van der Waals surface area contributed by atoms with E-state index in [9.17, 15) is 9.90 Å². The lowest BCUT2D eigenvalue weighted by molar-refractivity contribution is -0.152. The van der Waals surface area contributed by atoms with Gasteiger partial charge in [0, 0.05) is 12.4 Å². The smallest absolute Gasteiger partial charge is 0.309 e. The Kier molecular flexibility index (Phi) is 4.46. The van der Waals surface area contributed by atoms with E-state index in [2.05, 4.69) is 11.9 Å². The molecule has 0 bridgehead atoms. The van der Waals surface area contributed by atoms with Crippen molar-refractivity contribution >= 4 is 17.6 Å². The van der Waals surface area contributed by atoms with Crippen LogP contribution in [-0.4, -0.2) is 16.1 Å². The van der Waals surface area contributed by atoms with Crippen LogP contribution in [0, 0.1) is 11.3 Å². The maximum absolute atomic E-state index is 11.8. The average Bonchev–Trinajstić information content (AvgIpc) is 2.41. The first-order valence-electron chi connectivity index (χ1n) is 6.89. The predicted molar refractivity (Wildman–Crippen MR) is 75.3 cm³/mol. The van der Waals surface area contributed by atoms with E-state index in [-0.39, 0.29) is 0 Å². The fourth-order valence-corrected chi connectivity index (χ4v) is 3.36. The predicted octanol–water partition coefficient (Wildman–Crippen LogP) is 3.95. The summed E-state index contributed by atoms with van der Waals surface area (Å²) in [6.45, 7) is 2.14. The maximum Gasteiger partial charge on any atom is 0.309 e. The lowest BCUT2D eigenvalue weighted by Gasteiger charge is -2.37. The molecule has 0 saturated heterocycles. The fourth-order valence-electron chi connectivity index (χ4n) is 3.18. The highest BCUT2D eigenvalue weighted by Gasteiger charge is 2.42. The molecule has 2 atom stereocenters. The van der Waals surface area contributed by atoms with Crippen molar-refractivity contribution < 1.29 is 9.90 Å². The molecule has 1 fully saturated rings. The van der Waals surface area contributed by atoms with Crippen LogP contribution in [0.4, 0.5) is 0 Å². The third-order valence-electron chi connectivity index (χ3n) is 4.36. The Hall–Kier alpha value is -1.09. The van der Waals surface area contributed by atoms with Crippen LogP contribution in [0.25, 0.3) is 0 Å². The minimum Gasteiger partial charge on any atom is -0.481 e. The molecule has 1 heterocycles. The second kappa shape index (κ2) is 5.91. The number of halogens is 1. The standard InChI is InChI=1S/C15H20ClNO2/c1-2-11-4-3-6-15(8-11,14(18)19)9-12-5-7-17-10-13(12)16/h5,7,10-11H,2-4,6,8-9H2,1H3,(H,18,19). The fraction of sp³-hybridized carbons (Fsp3) is 0.600. The lowest BCUT2D eigenvalue weighted by atomic mass is 9.66. The largest absolute Gasteiger partial charge is 0.481 e. The van der Waals surface area contributed by atoms with Crippen LogP contribution in [-0.2, 0) is 11.2 Å². The molecular formula is C15H20ClNO2. The van der Waals surface area contributed by atoms with Crippen LogP contribution < -0.4 is 0 Å². The third-order valence-corrected chi connectivity index (χ3v) is 4.70. The van der Waals surface area contributed by atoms with Crippen molar-refractivity contribution in [3.8, 4) is 0 Å². The number of nitrogens with zero attached hydrogens (tertiary/aromatic N) is 1. The molecule has 0 spiro atoms. The molecule has 1 N–H and O–H groups in total. The minimum atomic E-state index is -0.682. The van der Waals surface area contributed by atoms with Crippen molar-refractivity contribution in [1.29, 1.82) is 0 Å². The first-order chi connectivity index (χ1) is 9.07. The van der Waals surface area contributed by atoms with Crippen LogP contribution in [0.15, 0.2) is 18.5 Å². The molecule has 1 aromatic rings. The second-order valence-electron chi connectivity index (χ2n) is 5.60. The Morgan fingerprint density at radius 3 is 3.05 bits per heavy atom. The molecular weight excluding hydrogens is 262 g/mol. The number of hydrogen-bond donors (Lipinski definition) is 1. The van der Waals surface area contributed by atoms with Gasteiger partial charge in [0.15, 0.2) is 0 Å². The summed E-state index contributed by atoms with van der Waals surface area (Å²) in [7, 11) is 0. The van der Waals surface area contributed by atoms with Gasteiger partial charge in [-0.25, -0.2) is 0 Å². The zero-order valence-electron chi connectivity index (χ0n) is 11.2. The Morgan fingerprint density at radius 2 is 2.42 bits per heavy atom. The first kappa shape index (κ1) is 14.3. The normalized spacial score (nSPS) is 27.2. The van der Waals surface area contributed by atoms with Gasteiger partial charge in [-0.1, -0.05) is 37.8 Å². The molecule has 0 aromatic carbocycles. The molecule has 1 aliphatic carbocycles. The number of aliphatic carboxylic acids is 1. The molecule has 1 saturated carbocycles. The second-order valence-corrected chi connectivity index (χ2v) is 6.01. The molecule has 2 rings (SSSR count). The number of pyridine rings is 1. The van der Waals surface area contributed by atoms with E-state index in [0.29, 0.717) is 17.4 Å². The van der Waals surface area contributed by atoms with Gasteiger partial charge in [-0.3, -0.25) is 9.78 Å². The van der Waals surface area contributed by atoms with E-state index >= 15 is 0 Å². The Bertz CT molecular complexity index is 463. The summed E-state index contributed by atoms with van der Waals surface area (Å²) >= 11 is 6.12. The Morgan fingerprint density at radius 1 is 1.63 bits per heavy atom. The lowest BCUT2D eigenvalue weighted by Crippen LogP contribution is -2.38. The van der Waals surface area contributed by atoms with E-state index in [1.54, 1.807) is 12.4 Å². The van der Waals surface area contributed by atoms with Crippen LogP contribution in [0.3, 0.4) is 0 Å². The molecule has 1 aromatic heterocycles. The van der Waals surface area contributed by atoms with Crippen LogP contribution in [0.1, 0.15) is 44.6 Å². The van der Waals surface area contributed by atoms with Gasteiger partial charge in [-0.05, 0) is 36.8 Å². The van der Waals surface area contributed by atoms with Gasteiger partial charge in [0.25, 0.3) is 0 Å². The van der Waals surface area contributed by atoms with Crippen molar-refractivity contribution in [3.05, 3.63) is 29.0 Å². The third kappa shape index (κ3) is 3.08. The monoisotopic (exact) mass is 281 g/mol. The van der Waals surface area contributed by atoms with Crippen molar-refractivity contribution in [3.63, 3.8) is 0 Å². The summed E-state index contributed by atoms with van der Waals surface area (Å²) in [6, 6.07) is 1.84. The van der Waals surface area contributed by atoms with Crippen LogP contribution in [0.2, 0.25) is 5.02 Å². The molecule has 1 aliphatic rings. The number of carboxylic acid groups (broad SMARTS) is 1.